The van der Waals surface area contributed by atoms with Gasteiger partial charge in [-0.05, 0) is 53.4 Å². The van der Waals surface area contributed by atoms with E-state index < -0.39 is 5.97 Å². The number of hydrogen-bond donors (Lipinski definition) is 1. The minimum absolute atomic E-state index is 0.0665. The Hall–Kier alpha value is -3.47. The van der Waals surface area contributed by atoms with Gasteiger partial charge in [-0.2, -0.15) is 0 Å². The molecule has 3 aromatic rings. The van der Waals surface area contributed by atoms with E-state index in [1.807, 2.05) is 66.7 Å². The minimum Gasteiger partial charge on any atom is -0.497 e. The van der Waals surface area contributed by atoms with Crippen molar-refractivity contribution in [1.29, 1.82) is 0 Å². The van der Waals surface area contributed by atoms with Crippen LogP contribution in [-0.4, -0.2) is 25.3 Å². The molecule has 0 heterocycles. The predicted molar refractivity (Wildman–Crippen MR) is 107 cm³/mol. The van der Waals surface area contributed by atoms with E-state index in [0.29, 0.717) is 17.9 Å². The van der Waals surface area contributed by atoms with Crippen molar-refractivity contribution in [2.45, 2.75) is 12.8 Å². The number of carboxylic acid groups (broad SMARTS) is 1. The average molecular weight is 378 g/mol. The summed E-state index contributed by atoms with van der Waals surface area (Å²) in [7, 11) is 3.24. The Labute approximate surface area is 164 Å². The van der Waals surface area contributed by atoms with Crippen LogP contribution >= 0.6 is 0 Å². The summed E-state index contributed by atoms with van der Waals surface area (Å²) in [6.45, 7) is 0. The van der Waals surface area contributed by atoms with Gasteiger partial charge in [-0.3, -0.25) is 4.79 Å². The van der Waals surface area contributed by atoms with E-state index in [1.165, 1.54) is 0 Å². The molecule has 0 bridgehead atoms. The van der Waals surface area contributed by atoms with Crippen molar-refractivity contribution in [3.63, 3.8) is 0 Å². The highest BCUT2D eigenvalue weighted by Gasteiger charge is 2.08. The SMILES string of the molecule is COc1cc(OC)cc(-c2ccc(Oc3ccccc3CCC(=O)O)cc2)c1. The molecule has 0 aliphatic carbocycles. The molecule has 5 heteroatoms. The molecule has 0 fully saturated rings. The Morgan fingerprint density at radius 3 is 2.07 bits per heavy atom. The lowest BCUT2D eigenvalue weighted by Crippen LogP contribution is -1.99. The Kier molecular flexibility index (Phi) is 6.17. The number of ether oxygens (including phenoxy) is 3. The van der Waals surface area contributed by atoms with Crippen molar-refractivity contribution in [3.05, 3.63) is 72.3 Å². The van der Waals surface area contributed by atoms with Crippen LogP contribution in [0.2, 0.25) is 0 Å². The molecule has 0 radical (unpaired) electrons. The van der Waals surface area contributed by atoms with E-state index in [0.717, 1.165) is 28.2 Å². The van der Waals surface area contributed by atoms with Gasteiger partial charge in [-0.15, -0.1) is 0 Å². The van der Waals surface area contributed by atoms with Crippen molar-refractivity contribution >= 4 is 5.97 Å². The number of carboxylic acids is 1. The van der Waals surface area contributed by atoms with Gasteiger partial charge in [0.05, 0.1) is 14.2 Å². The van der Waals surface area contributed by atoms with Gasteiger partial charge in [0.25, 0.3) is 0 Å². The summed E-state index contributed by atoms with van der Waals surface area (Å²) in [5, 5.41) is 8.91. The summed E-state index contributed by atoms with van der Waals surface area (Å²) < 4.78 is 16.6. The van der Waals surface area contributed by atoms with Gasteiger partial charge in [0.15, 0.2) is 0 Å². The summed E-state index contributed by atoms with van der Waals surface area (Å²) in [4.78, 5) is 10.8. The van der Waals surface area contributed by atoms with E-state index in [4.69, 9.17) is 19.3 Å². The molecule has 0 saturated heterocycles. The molecule has 0 aromatic heterocycles. The van der Waals surface area contributed by atoms with Gasteiger partial charge >= 0.3 is 5.97 Å². The van der Waals surface area contributed by atoms with Crippen LogP contribution in [0.5, 0.6) is 23.0 Å². The zero-order chi connectivity index (χ0) is 19.9. The first-order valence-electron chi connectivity index (χ1n) is 8.90. The quantitative estimate of drug-likeness (QED) is 0.585. The zero-order valence-electron chi connectivity index (χ0n) is 15.8. The highest BCUT2D eigenvalue weighted by Crippen LogP contribution is 2.32. The molecule has 0 unspecified atom stereocenters. The van der Waals surface area contributed by atoms with Crippen molar-refractivity contribution in [2.75, 3.05) is 14.2 Å². The second kappa shape index (κ2) is 8.95. The molecule has 144 valence electrons. The monoisotopic (exact) mass is 378 g/mol. The van der Waals surface area contributed by atoms with Gasteiger partial charge in [0.1, 0.15) is 23.0 Å². The van der Waals surface area contributed by atoms with Crippen LogP contribution in [-0.2, 0) is 11.2 Å². The third-order valence-corrected chi connectivity index (χ3v) is 4.35. The molecule has 0 atom stereocenters. The molecule has 0 spiro atoms. The first-order chi connectivity index (χ1) is 13.6. The largest absolute Gasteiger partial charge is 0.497 e. The van der Waals surface area contributed by atoms with E-state index in [2.05, 4.69) is 0 Å². The second-order valence-electron chi connectivity index (χ2n) is 6.23. The number of hydrogen-bond acceptors (Lipinski definition) is 4. The standard InChI is InChI=1S/C23H22O5/c1-26-20-13-18(14-21(15-20)27-2)16-7-10-19(11-8-16)28-22-6-4-3-5-17(22)9-12-23(24)25/h3-8,10-11,13-15H,9,12H2,1-2H3,(H,24,25). The first kappa shape index (κ1) is 19.3. The lowest BCUT2D eigenvalue weighted by Gasteiger charge is -2.12. The predicted octanol–water partition coefficient (Wildman–Crippen LogP) is 5.18. The lowest BCUT2D eigenvalue weighted by molar-refractivity contribution is -0.136. The molecule has 0 saturated carbocycles. The van der Waals surface area contributed by atoms with Crippen LogP contribution < -0.4 is 14.2 Å². The lowest BCUT2D eigenvalue weighted by atomic mass is 10.0. The molecule has 3 aromatic carbocycles. The molecule has 1 N–H and O–H groups in total. The maximum atomic E-state index is 10.8. The normalized spacial score (nSPS) is 10.4. The van der Waals surface area contributed by atoms with Gasteiger partial charge in [0, 0.05) is 12.5 Å². The molecule has 0 aliphatic rings. The highest BCUT2D eigenvalue weighted by molar-refractivity contribution is 5.68. The first-order valence-corrected chi connectivity index (χ1v) is 8.90. The second-order valence-corrected chi connectivity index (χ2v) is 6.23. The fourth-order valence-corrected chi connectivity index (χ4v) is 2.87. The number of methoxy groups -OCH3 is 2. The van der Waals surface area contributed by atoms with Gasteiger partial charge in [0.2, 0.25) is 0 Å². The maximum Gasteiger partial charge on any atom is 0.303 e. The zero-order valence-corrected chi connectivity index (χ0v) is 15.8. The third kappa shape index (κ3) is 4.82. The Morgan fingerprint density at radius 1 is 0.821 bits per heavy atom. The fourth-order valence-electron chi connectivity index (χ4n) is 2.87. The summed E-state index contributed by atoms with van der Waals surface area (Å²) in [5.41, 5.74) is 2.85. The molecule has 0 amide bonds. The third-order valence-electron chi connectivity index (χ3n) is 4.35. The molecule has 5 nitrogen and oxygen atoms in total. The summed E-state index contributed by atoms with van der Waals surface area (Å²) >= 11 is 0. The molecular weight excluding hydrogens is 356 g/mol. The van der Waals surface area contributed by atoms with E-state index in [-0.39, 0.29) is 6.42 Å². The molecule has 28 heavy (non-hydrogen) atoms. The Balaban J connectivity index is 1.80. The minimum atomic E-state index is -0.826. The van der Waals surface area contributed by atoms with Gasteiger partial charge in [-0.25, -0.2) is 0 Å². The number of rotatable bonds is 8. The van der Waals surface area contributed by atoms with Crippen molar-refractivity contribution < 1.29 is 24.1 Å². The van der Waals surface area contributed by atoms with Crippen molar-refractivity contribution in [2.24, 2.45) is 0 Å². The van der Waals surface area contributed by atoms with Crippen molar-refractivity contribution in [1.82, 2.24) is 0 Å². The molecule has 3 rings (SSSR count). The maximum absolute atomic E-state index is 10.8. The van der Waals surface area contributed by atoms with E-state index >= 15 is 0 Å². The smallest absolute Gasteiger partial charge is 0.303 e. The van der Waals surface area contributed by atoms with Gasteiger partial charge < -0.3 is 19.3 Å². The number of aliphatic carboxylic acids is 1. The number of carbonyl (C=O) groups is 1. The van der Waals surface area contributed by atoms with Crippen LogP contribution in [0, 0.1) is 0 Å². The summed E-state index contributed by atoms with van der Waals surface area (Å²) in [6, 6.07) is 20.9. The topological polar surface area (TPSA) is 65.0 Å². The van der Waals surface area contributed by atoms with Crippen LogP contribution in [0.15, 0.2) is 66.7 Å². The summed E-state index contributed by atoms with van der Waals surface area (Å²) in [5.74, 6) is 1.97. The molecular formula is C23H22O5. The van der Waals surface area contributed by atoms with Crippen molar-refractivity contribution in [3.8, 4) is 34.1 Å². The van der Waals surface area contributed by atoms with Crippen LogP contribution in [0.1, 0.15) is 12.0 Å². The number of benzene rings is 3. The highest BCUT2D eigenvalue weighted by atomic mass is 16.5. The van der Waals surface area contributed by atoms with Crippen LogP contribution in [0.25, 0.3) is 11.1 Å². The summed E-state index contributed by atoms with van der Waals surface area (Å²) in [6.07, 6.45) is 0.490. The average Bonchev–Trinajstić information content (AvgIpc) is 2.73. The Bertz CT molecular complexity index is 925. The fraction of sp³-hybridized carbons (Fsp3) is 0.174. The van der Waals surface area contributed by atoms with Gasteiger partial charge in [-0.1, -0.05) is 30.3 Å². The number of para-hydroxylation sites is 1. The number of aryl methyl sites for hydroxylation is 1. The van der Waals surface area contributed by atoms with Crippen LogP contribution in [0.3, 0.4) is 0 Å². The van der Waals surface area contributed by atoms with E-state index in [9.17, 15) is 4.79 Å². The Morgan fingerprint density at radius 2 is 1.46 bits per heavy atom. The van der Waals surface area contributed by atoms with Crippen LogP contribution in [0.4, 0.5) is 0 Å². The van der Waals surface area contributed by atoms with E-state index in [1.54, 1.807) is 14.2 Å². The molecule has 0 aliphatic heterocycles.